The van der Waals surface area contributed by atoms with Crippen molar-refractivity contribution in [3.05, 3.63) is 35.5 Å². The third-order valence-electron chi connectivity index (χ3n) is 4.44. The minimum Gasteiger partial charge on any atom is -0.544 e. The zero-order valence-electron chi connectivity index (χ0n) is 14.2. The second-order valence-corrected chi connectivity index (χ2v) is 11.8. The smallest absolute Gasteiger partial charge is 0.250 e. The molecule has 2 rings (SSSR count). The molecule has 120 valence electrons. The van der Waals surface area contributed by atoms with Gasteiger partial charge in [0, 0.05) is 11.1 Å². The Kier molecular flexibility index (Phi) is 4.49. The maximum Gasteiger partial charge on any atom is 0.250 e. The second-order valence-electron chi connectivity index (χ2n) is 7.12. The Balaban J connectivity index is 2.24. The highest BCUT2D eigenvalue weighted by atomic mass is 28.4. The van der Waals surface area contributed by atoms with Crippen molar-refractivity contribution in [2.24, 2.45) is 0 Å². The largest absolute Gasteiger partial charge is 0.544 e. The van der Waals surface area contributed by atoms with E-state index in [0.717, 1.165) is 22.6 Å². The van der Waals surface area contributed by atoms with Gasteiger partial charge in [-0.2, -0.15) is 0 Å². The van der Waals surface area contributed by atoms with Crippen LogP contribution in [0.4, 0.5) is 0 Å². The molecule has 1 aromatic carbocycles. The van der Waals surface area contributed by atoms with Crippen molar-refractivity contribution in [1.29, 1.82) is 0 Å². The first-order valence-corrected chi connectivity index (χ1v) is 10.4. The summed E-state index contributed by atoms with van der Waals surface area (Å²) in [6.45, 7) is 12.9. The third-order valence-corrected chi connectivity index (χ3v) is 8.80. The molecule has 0 saturated carbocycles. The van der Waals surface area contributed by atoms with E-state index in [4.69, 9.17) is 8.95 Å². The van der Waals surface area contributed by atoms with Gasteiger partial charge in [0.1, 0.15) is 5.75 Å². The Morgan fingerprint density at radius 3 is 2.27 bits per heavy atom. The third kappa shape index (κ3) is 3.25. The van der Waals surface area contributed by atoms with Gasteiger partial charge in [0.15, 0.2) is 5.76 Å². The summed E-state index contributed by atoms with van der Waals surface area (Å²) in [4.78, 5) is 0. The van der Waals surface area contributed by atoms with Gasteiger partial charge in [-0.3, -0.25) is 0 Å². The van der Waals surface area contributed by atoms with Crippen LogP contribution in [0, 0.1) is 6.92 Å². The predicted octanol–water partition coefficient (Wildman–Crippen LogP) is 4.53. The number of benzene rings is 1. The molecule has 2 aromatic rings. The number of hydrogen-bond donors (Lipinski definition) is 1. The zero-order chi connectivity index (χ0) is 16.5. The molecule has 1 heterocycles. The number of nitrogens with zero attached hydrogens (tertiary/aromatic N) is 1. The molecule has 0 aliphatic carbocycles. The number of hydrogen-bond acceptors (Lipinski definition) is 4. The Morgan fingerprint density at radius 2 is 1.77 bits per heavy atom. The molecule has 0 spiro atoms. The molecule has 0 unspecified atom stereocenters. The van der Waals surface area contributed by atoms with Crippen LogP contribution in [0.1, 0.15) is 32.0 Å². The lowest BCUT2D eigenvalue weighted by Gasteiger charge is -2.36. The highest BCUT2D eigenvalue weighted by Crippen LogP contribution is 2.37. The molecule has 22 heavy (non-hydrogen) atoms. The minimum absolute atomic E-state index is 0.0765. The van der Waals surface area contributed by atoms with E-state index in [2.05, 4.69) is 39.0 Å². The maximum atomic E-state index is 9.43. The van der Waals surface area contributed by atoms with E-state index in [1.807, 2.05) is 31.2 Å². The van der Waals surface area contributed by atoms with Gasteiger partial charge in [-0.15, -0.1) is 0 Å². The van der Waals surface area contributed by atoms with Crippen LogP contribution < -0.4 is 4.43 Å². The van der Waals surface area contributed by atoms with Gasteiger partial charge >= 0.3 is 0 Å². The first-order chi connectivity index (χ1) is 10.2. The van der Waals surface area contributed by atoms with Crippen LogP contribution in [-0.2, 0) is 6.61 Å². The summed E-state index contributed by atoms with van der Waals surface area (Å²) in [7, 11) is -1.83. The van der Waals surface area contributed by atoms with Crippen molar-refractivity contribution in [2.45, 2.75) is 52.4 Å². The maximum absolute atomic E-state index is 9.43. The summed E-state index contributed by atoms with van der Waals surface area (Å²) < 4.78 is 11.6. The highest BCUT2D eigenvalue weighted by molar-refractivity contribution is 6.74. The first-order valence-electron chi connectivity index (χ1n) is 7.51. The van der Waals surface area contributed by atoms with Crippen molar-refractivity contribution in [2.75, 3.05) is 0 Å². The molecule has 0 atom stereocenters. The van der Waals surface area contributed by atoms with E-state index in [-0.39, 0.29) is 11.6 Å². The molecule has 1 aromatic heterocycles. The van der Waals surface area contributed by atoms with Crippen molar-refractivity contribution in [1.82, 2.24) is 5.16 Å². The summed E-state index contributed by atoms with van der Waals surface area (Å²) >= 11 is 0. The van der Waals surface area contributed by atoms with Crippen molar-refractivity contribution >= 4 is 8.32 Å². The summed E-state index contributed by atoms with van der Waals surface area (Å²) in [6.07, 6.45) is 0. The van der Waals surface area contributed by atoms with Crippen LogP contribution in [-0.4, -0.2) is 18.6 Å². The number of aliphatic hydroxyl groups excluding tert-OH is 1. The van der Waals surface area contributed by atoms with E-state index >= 15 is 0 Å². The van der Waals surface area contributed by atoms with Crippen LogP contribution in [0.5, 0.6) is 5.75 Å². The van der Waals surface area contributed by atoms with Gasteiger partial charge in [-0.05, 0) is 49.3 Å². The zero-order valence-corrected chi connectivity index (χ0v) is 15.2. The quantitative estimate of drug-likeness (QED) is 0.841. The summed E-state index contributed by atoms with van der Waals surface area (Å²) in [5, 5.41) is 13.5. The highest BCUT2D eigenvalue weighted by Gasteiger charge is 2.38. The molecular weight excluding hydrogens is 294 g/mol. The Morgan fingerprint density at radius 1 is 1.18 bits per heavy atom. The molecule has 0 radical (unpaired) electrons. The van der Waals surface area contributed by atoms with Gasteiger partial charge in [-0.25, -0.2) is 0 Å². The topological polar surface area (TPSA) is 55.5 Å². The molecule has 1 N–H and O–H groups in total. The number of aliphatic hydroxyl groups is 1. The Bertz CT molecular complexity index is 639. The summed E-state index contributed by atoms with van der Waals surface area (Å²) in [5.41, 5.74) is 2.35. The Hall–Kier alpha value is -1.59. The summed E-state index contributed by atoms with van der Waals surface area (Å²) in [5.74, 6) is 1.50. The van der Waals surface area contributed by atoms with Crippen molar-refractivity contribution in [3.8, 4) is 17.1 Å². The van der Waals surface area contributed by atoms with Gasteiger partial charge in [0.05, 0.1) is 12.3 Å². The number of rotatable bonds is 4. The van der Waals surface area contributed by atoms with E-state index in [1.165, 1.54) is 0 Å². The van der Waals surface area contributed by atoms with E-state index in [9.17, 15) is 5.11 Å². The van der Waals surface area contributed by atoms with Crippen molar-refractivity contribution in [3.63, 3.8) is 0 Å². The number of aryl methyl sites for hydroxylation is 1. The van der Waals surface area contributed by atoms with Crippen LogP contribution in [0.3, 0.4) is 0 Å². The number of aromatic nitrogens is 1. The van der Waals surface area contributed by atoms with Crippen LogP contribution >= 0.6 is 0 Å². The standard InChI is InChI=1S/C17H25NO3Si/c1-12-15(11-19)16(20-18-12)13-7-9-14(10-8-13)21-22(5,6)17(2,3)4/h7-10,19H,11H2,1-6H3. The van der Waals surface area contributed by atoms with Gasteiger partial charge < -0.3 is 14.1 Å². The normalized spacial score (nSPS) is 12.5. The molecule has 0 saturated heterocycles. The van der Waals surface area contributed by atoms with Crippen LogP contribution in [0.15, 0.2) is 28.8 Å². The van der Waals surface area contributed by atoms with Gasteiger partial charge in [0.25, 0.3) is 0 Å². The average molecular weight is 319 g/mol. The second kappa shape index (κ2) is 5.89. The minimum atomic E-state index is -1.83. The lowest BCUT2D eigenvalue weighted by Crippen LogP contribution is -2.43. The fourth-order valence-electron chi connectivity index (χ4n) is 1.92. The van der Waals surface area contributed by atoms with Gasteiger partial charge in [0.2, 0.25) is 8.32 Å². The average Bonchev–Trinajstić information content (AvgIpc) is 2.79. The van der Waals surface area contributed by atoms with Gasteiger partial charge in [-0.1, -0.05) is 25.9 Å². The molecule has 0 bridgehead atoms. The van der Waals surface area contributed by atoms with Crippen LogP contribution in [0.25, 0.3) is 11.3 Å². The molecule has 0 amide bonds. The molecule has 0 aliphatic heterocycles. The SMILES string of the molecule is Cc1noc(-c2ccc(O[Si](C)(C)C(C)(C)C)cc2)c1CO. The fraction of sp³-hybridized carbons (Fsp3) is 0.471. The van der Waals surface area contributed by atoms with E-state index in [1.54, 1.807) is 0 Å². The predicted molar refractivity (Wildman–Crippen MR) is 90.4 cm³/mol. The molecule has 4 nitrogen and oxygen atoms in total. The molecule has 0 fully saturated rings. The Labute approximate surface area is 133 Å². The van der Waals surface area contributed by atoms with Crippen LogP contribution in [0.2, 0.25) is 18.1 Å². The molecular formula is C17H25NO3Si. The lowest BCUT2D eigenvalue weighted by molar-refractivity contribution is 0.281. The first kappa shape index (κ1) is 16.8. The molecule has 5 heteroatoms. The van der Waals surface area contributed by atoms with E-state index < -0.39 is 8.32 Å². The van der Waals surface area contributed by atoms with Crippen molar-refractivity contribution < 1.29 is 14.1 Å². The summed E-state index contributed by atoms with van der Waals surface area (Å²) in [6, 6.07) is 7.80. The fourth-order valence-corrected chi connectivity index (χ4v) is 2.96. The van der Waals surface area contributed by atoms with E-state index in [0.29, 0.717) is 5.76 Å². The molecule has 0 aliphatic rings. The lowest BCUT2D eigenvalue weighted by atomic mass is 10.1. The monoisotopic (exact) mass is 319 g/mol.